The van der Waals surface area contributed by atoms with Gasteiger partial charge in [0.2, 0.25) is 0 Å². The lowest BCUT2D eigenvalue weighted by atomic mass is 10.1. The van der Waals surface area contributed by atoms with Crippen LogP contribution in [0.3, 0.4) is 0 Å². The van der Waals surface area contributed by atoms with Gasteiger partial charge in [0.25, 0.3) is 0 Å². The maximum atomic E-state index is 12.4. The number of nitrogens with one attached hydrogen (secondary N) is 1. The zero-order valence-corrected chi connectivity index (χ0v) is 16.4. The molecular formula is C21H28N4O2. The highest BCUT2D eigenvalue weighted by Gasteiger charge is 2.20. The molecule has 1 fully saturated rings. The number of carbonyl (C=O) groups is 1. The number of amides is 2. The second kappa shape index (κ2) is 8.75. The fourth-order valence-electron chi connectivity index (χ4n) is 3.54. The summed E-state index contributed by atoms with van der Waals surface area (Å²) in [4.78, 5) is 20.5. The van der Waals surface area contributed by atoms with Crippen molar-refractivity contribution in [2.45, 2.75) is 20.8 Å². The number of piperazine rings is 1. The van der Waals surface area contributed by atoms with Crippen LogP contribution in [0.15, 0.2) is 36.7 Å². The van der Waals surface area contributed by atoms with Gasteiger partial charge in [-0.05, 0) is 44.0 Å². The summed E-state index contributed by atoms with van der Waals surface area (Å²) in [5, 5.41) is 2.96. The van der Waals surface area contributed by atoms with E-state index in [1.54, 1.807) is 12.4 Å². The molecule has 1 aromatic heterocycles. The number of hydrogen-bond acceptors (Lipinski definition) is 4. The normalized spacial score (nSPS) is 14.2. The van der Waals surface area contributed by atoms with E-state index in [1.165, 1.54) is 5.56 Å². The lowest BCUT2D eigenvalue weighted by Gasteiger charge is -2.36. The summed E-state index contributed by atoms with van der Waals surface area (Å²) in [5.41, 5.74) is 4.65. The van der Waals surface area contributed by atoms with Crippen molar-refractivity contribution in [3.05, 3.63) is 53.3 Å². The molecule has 1 saturated heterocycles. The minimum Gasteiger partial charge on any atom is -0.491 e. The predicted octanol–water partition coefficient (Wildman–Crippen LogP) is 2.92. The van der Waals surface area contributed by atoms with Gasteiger partial charge in [0.05, 0.1) is 6.54 Å². The third-order valence-corrected chi connectivity index (χ3v) is 4.82. The standard InChI is InChI=1S/C21H28N4O2/c1-16-14-17(2)20(18(3)15-16)27-13-8-23-21(26)25-11-9-24(10-12-25)19-4-6-22-7-5-19/h4-7,14-15H,8-13H2,1-3H3,(H,23,26). The van der Waals surface area contributed by atoms with Gasteiger partial charge < -0.3 is 19.9 Å². The van der Waals surface area contributed by atoms with Gasteiger partial charge in [-0.15, -0.1) is 0 Å². The third-order valence-electron chi connectivity index (χ3n) is 4.82. The van der Waals surface area contributed by atoms with Crippen molar-refractivity contribution in [3.63, 3.8) is 0 Å². The molecule has 3 rings (SSSR count). The number of rotatable bonds is 5. The minimum absolute atomic E-state index is 0.0228. The topological polar surface area (TPSA) is 57.7 Å². The largest absolute Gasteiger partial charge is 0.491 e. The molecule has 6 nitrogen and oxygen atoms in total. The second-order valence-corrected chi connectivity index (χ2v) is 6.99. The lowest BCUT2D eigenvalue weighted by molar-refractivity contribution is 0.191. The Balaban J connectivity index is 1.40. The van der Waals surface area contributed by atoms with Gasteiger partial charge in [0, 0.05) is 44.3 Å². The molecule has 0 radical (unpaired) electrons. The molecule has 2 amide bonds. The van der Waals surface area contributed by atoms with E-state index in [4.69, 9.17) is 4.74 Å². The quantitative estimate of drug-likeness (QED) is 0.825. The maximum Gasteiger partial charge on any atom is 0.317 e. The van der Waals surface area contributed by atoms with Gasteiger partial charge in [0.15, 0.2) is 0 Å². The van der Waals surface area contributed by atoms with Crippen molar-refractivity contribution < 1.29 is 9.53 Å². The number of urea groups is 1. The first-order chi connectivity index (χ1) is 13.0. The van der Waals surface area contributed by atoms with Gasteiger partial charge in [-0.3, -0.25) is 4.98 Å². The van der Waals surface area contributed by atoms with Crippen molar-refractivity contribution >= 4 is 11.7 Å². The first-order valence-corrected chi connectivity index (χ1v) is 9.43. The van der Waals surface area contributed by atoms with Crippen LogP contribution in [0, 0.1) is 20.8 Å². The number of anilines is 1. The highest BCUT2D eigenvalue weighted by molar-refractivity contribution is 5.74. The van der Waals surface area contributed by atoms with Crippen LogP contribution < -0.4 is 15.0 Å². The number of pyridine rings is 1. The molecule has 1 N–H and O–H groups in total. The van der Waals surface area contributed by atoms with Crippen molar-refractivity contribution in [1.29, 1.82) is 0 Å². The number of hydrogen-bond donors (Lipinski definition) is 1. The molecule has 0 unspecified atom stereocenters. The molecule has 0 aliphatic carbocycles. The van der Waals surface area contributed by atoms with Crippen molar-refractivity contribution in [1.82, 2.24) is 15.2 Å². The highest BCUT2D eigenvalue weighted by Crippen LogP contribution is 2.24. The van der Waals surface area contributed by atoms with Gasteiger partial charge in [-0.1, -0.05) is 17.7 Å². The SMILES string of the molecule is Cc1cc(C)c(OCCNC(=O)N2CCN(c3ccncc3)CC2)c(C)c1. The molecule has 6 heteroatoms. The van der Waals surface area contributed by atoms with Crippen LogP contribution in [0.2, 0.25) is 0 Å². The summed E-state index contributed by atoms with van der Waals surface area (Å²) >= 11 is 0. The van der Waals surface area contributed by atoms with Crippen LogP contribution >= 0.6 is 0 Å². The van der Waals surface area contributed by atoms with Gasteiger partial charge in [-0.2, -0.15) is 0 Å². The number of aromatic nitrogens is 1. The Morgan fingerprint density at radius 1 is 1.07 bits per heavy atom. The number of benzene rings is 1. The molecule has 144 valence electrons. The van der Waals surface area contributed by atoms with Crippen molar-refractivity contribution in [2.75, 3.05) is 44.2 Å². The number of ether oxygens (including phenoxy) is 1. The number of aryl methyl sites for hydroxylation is 3. The van der Waals surface area contributed by atoms with Crippen LogP contribution in [0.25, 0.3) is 0 Å². The molecule has 0 atom stereocenters. The van der Waals surface area contributed by atoms with Crippen LogP contribution in [-0.4, -0.2) is 55.2 Å². The minimum atomic E-state index is -0.0228. The van der Waals surface area contributed by atoms with Crippen LogP contribution in [-0.2, 0) is 0 Å². The third kappa shape index (κ3) is 4.90. The van der Waals surface area contributed by atoms with Crippen LogP contribution in [0.1, 0.15) is 16.7 Å². The van der Waals surface area contributed by atoms with E-state index in [0.29, 0.717) is 26.2 Å². The Bertz CT molecular complexity index is 748. The second-order valence-electron chi connectivity index (χ2n) is 6.99. The molecule has 1 aliphatic rings. The van der Waals surface area contributed by atoms with Gasteiger partial charge >= 0.3 is 6.03 Å². The van der Waals surface area contributed by atoms with E-state index < -0.39 is 0 Å². The number of carbonyl (C=O) groups excluding carboxylic acids is 1. The summed E-state index contributed by atoms with van der Waals surface area (Å²) in [7, 11) is 0. The molecule has 0 spiro atoms. The first-order valence-electron chi connectivity index (χ1n) is 9.43. The van der Waals surface area contributed by atoms with Crippen LogP contribution in [0.4, 0.5) is 10.5 Å². The Morgan fingerprint density at radius 3 is 2.33 bits per heavy atom. The van der Waals surface area contributed by atoms with Gasteiger partial charge in [-0.25, -0.2) is 4.79 Å². The molecule has 1 aromatic carbocycles. The number of nitrogens with zero attached hydrogens (tertiary/aromatic N) is 3. The summed E-state index contributed by atoms with van der Waals surface area (Å²) < 4.78 is 5.89. The zero-order chi connectivity index (χ0) is 19.2. The Hall–Kier alpha value is -2.76. The van der Waals surface area contributed by atoms with Crippen molar-refractivity contribution in [3.8, 4) is 5.75 Å². The summed E-state index contributed by atoms with van der Waals surface area (Å²) in [5.74, 6) is 0.917. The monoisotopic (exact) mass is 368 g/mol. The Labute approximate surface area is 161 Å². The zero-order valence-electron chi connectivity index (χ0n) is 16.4. The summed E-state index contributed by atoms with van der Waals surface area (Å²) in [6.07, 6.45) is 3.60. The van der Waals surface area contributed by atoms with E-state index in [2.05, 4.69) is 48.1 Å². The maximum absolute atomic E-state index is 12.4. The van der Waals surface area contributed by atoms with E-state index in [1.807, 2.05) is 17.0 Å². The van der Waals surface area contributed by atoms with E-state index in [9.17, 15) is 4.79 Å². The van der Waals surface area contributed by atoms with E-state index in [-0.39, 0.29) is 6.03 Å². The Morgan fingerprint density at radius 2 is 1.70 bits per heavy atom. The lowest BCUT2D eigenvalue weighted by Crippen LogP contribution is -2.52. The fourth-order valence-corrected chi connectivity index (χ4v) is 3.54. The molecular weight excluding hydrogens is 340 g/mol. The molecule has 2 aromatic rings. The van der Waals surface area contributed by atoms with E-state index >= 15 is 0 Å². The summed E-state index contributed by atoms with van der Waals surface area (Å²) in [6.45, 7) is 10.2. The molecule has 0 saturated carbocycles. The molecule has 0 bridgehead atoms. The average Bonchev–Trinajstić information content (AvgIpc) is 2.67. The molecule has 1 aliphatic heterocycles. The van der Waals surface area contributed by atoms with Crippen molar-refractivity contribution in [2.24, 2.45) is 0 Å². The first kappa shape index (κ1) is 19.0. The highest BCUT2D eigenvalue weighted by atomic mass is 16.5. The fraction of sp³-hybridized carbons (Fsp3) is 0.429. The molecule has 2 heterocycles. The average molecular weight is 368 g/mol. The predicted molar refractivity (Wildman–Crippen MR) is 108 cm³/mol. The van der Waals surface area contributed by atoms with Gasteiger partial charge in [0.1, 0.15) is 12.4 Å². The van der Waals surface area contributed by atoms with E-state index in [0.717, 1.165) is 35.7 Å². The smallest absolute Gasteiger partial charge is 0.317 e. The summed E-state index contributed by atoms with van der Waals surface area (Å²) in [6, 6.07) is 8.21. The van der Waals surface area contributed by atoms with Crippen LogP contribution in [0.5, 0.6) is 5.75 Å². The molecule has 27 heavy (non-hydrogen) atoms. The Kier molecular flexibility index (Phi) is 6.16.